The second-order valence-electron chi connectivity index (χ2n) is 5.42. The summed E-state index contributed by atoms with van der Waals surface area (Å²) in [5.74, 6) is 0.873. The number of rotatable bonds is 8. The van der Waals surface area contributed by atoms with Crippen LogP contribution < -0.4 is 10.6 Å². The van der Waals surface area contributed by atoms with Crippen LogP contribution >= 0.6 is 0 Å². The molecule has 6 heteroatoms. The van der Waals surface area contributed by atoms with Crippen LogP contribution in [0.4, 0.5) is 0 Å². The highest BCUT2D eigenvalue weighted by atomic mass is 15.3. The Morgan fingerprint density at radius 3 is 2.36 bits per heavy atom. The number of nitrogens with zero attached hydrogens (tertiary/aromatic N) is 4. The van der Waals surface area contributed by atoms with Crippen molar-refractivity contribution in [3.63, 3.8) is 0 Å². The van der Waals surface area contributed by atoms with Crippen LogP contribution in [-0.4, -0.2) is 53.4 Å². The fourth-order valence-corrected chi connectivity index (χ4v) is 2.42. The lowest BCUT2D eigenvalue weighted by Gasteiger charge is -2.19. The van der Waals surface area contributed by atoms with Crippen LogP contribution in [0.2, 0.25) is 0 Å². The van der Waals surface area contributed by atoms with Gasteiger partial charge in [-0.2, -0.15) is 5.10 Å². The zero-order chi connectivity index (χ0) is 16.5. The normalized spacial score (nSPS) is 12.0. The first-order valence-corrected chi connectivity index (χ1v) is 8.26. The van der Waals surface area contributed by atoms with Crippen molar-refractivity contribution in [2.24, 2.45) is 12.0 Å². The maximum absolute atomic E-state index is 4.69. The van der Waals surface area contributed by atoms with E-state index in [4.69, 9.17) is 0 Å². The molecule has 0 aliphatic rings. The van der Waals surface area contributed by atoms with Crippen LogP contribution in [0.5, 0.6) is 0 Å². The van der Waals surface area contributed by atoms with Crippen LogP contribution in [0.15, 0.2) is 4.99 Å². The minimum atomic E-state index is 0.659. The van der Waals surface area contributed by atoms with E-state index >= 15 is 0 Å². The Bertz CT molecular complexity index is 473. The summed E-state index contributed by atoms with van der Waals surface area (Å²) in [6.45, 7) is 16.2. The zero-order valence-electron chi connectivity index (χ0n) is 15.0. The molecule has 0 bridgehead atoms. The van der Waals surface area contributed by atoms with Gasteiger partial charge in [0.25, 0.3) is 0 Å². The maximum atomic E-state index is 4.69. The predicted octanol–water partition coefficient (Wildman–Crippen LogP) is 1.43. The highest BCUT2D eigenvalue weighted by molar-refractivity contribution is 5.79. The Kier molecular flexibility index (Phi) is 7.95. The van der Waals surface area contributed by atoms with Gasteiger partial charge in [0.15, 0.2) is 5.96 Å². The minimum Gasteiger partial charge on any atom is -0.357 e. The van der Waals surface area contributed by atoms with E-state index in [-0.39, 0.29) is 0 Å². The first kappa shape index (κ1) is 18.5. The monoisotopic (exact) mass is 308 g/mol. The lowest BCUT2D eigenvalue weighted by molar-refractivity contribution is 0.308. The topological polar surface area (TPSA) is 57.5 Å². The van der Waals surface area contributed by atoms with Gasteiger partial charge in [-0.3, -0.25) is 4.68 Å². The summed E-state index contributed by atoms with van der Waals surface area (Å²) < 4.78 is 1.92. The first-order valence-electron chi connectivity index (χ1n) is 8.26. The van der Waals surface area contributed by atoms with Crippen molar-refractivity contribution < 1.29 is 0 Å². The molecule has 22 heavy (non-hydrogen) atoms. The molecule has 6 nitrogen and oxygen atoms in total. The summed E-state index contributed by atoms with van der Waals surface area (Å²) >= 11 is 0. The molecule has 0 radical (unpaired) electrons. The lowest BCUT2D eigenvalue weighted by atomic mass is 10.2. The molecule has 0 aliphatic carbocycles. The van der Waals surface area contributed by atoms with E-state index in [0.29, 0.717) is 6.54 Å². The van der Waals surface area contributed by atoms with Crippen LogP contribution in [0.1, 0.15) is 37.7 Å². The number of hydrogen-bond acceptors (Lipinski definition) is 3. The van der Waals surface area contributed by atoms with Gasteiger partial charge in [0, 0.05) is 37.9 Å². The highest BCUT2D eigenvalue weighted by Gasteiger charge is 2.09. The maximum Gasteiger partial charge on any atom is 0.191 e. The zero-order valence-corrected chi connectivity index (χ0v) is 15.0. The second-order valence-corrected chi connectivity index (χ2v) is 5.42. The lowest BCUT2D eigenvalue weighted by Crippen LogP contribution is -2.41. The molecule has 1 heterocycles. The van der Waals surface area contributed by atoms with Gasteiger partial charge in [-0.1, -0.05) is 13.8 Å². The summed E-state index contributed by atoms with van der Waals surface area (Å²) in [5.41, 5.74) is 3.45. The molecule has 1 aromatic heterocycles. The molecule has 0 aromatic carbocycles. The SMILES string of the molecule is CCNC(=NCc1c(C)nn(C)c1C)NCCN(CC)CC. The molecule has 0 fully saturated rings. The fourth-order valence-electron chi connectivity index (χ4n) is 2.42. The van der Waals surface area contributed by atoms with Gasteiger partial charge in [0.1, 0.15) is 0 Å². The number of aryl methyl sites for hydroxylation is 2. The Hall–Kier alpha value is -1.56. The summed E-state index contributed by atoms with van der Waals surface area (Å²) in [4.78, 5) is 7.08. The van der Waals surface area contributed by atoms with Gasteiger partial charge in [0.05, 0.1) is 12.2 Å². The smallest absolute Gasteiger partial charge is 0.191 e. The summed E-state index contributed by atoms with van der Waals surface area (Å²) in [7, 11) is 1.98. The predicted molar refractivity (Wildman–Crippen MR) is 93.3 cm³/mol. The molecule has 0 aliphatic heterocycles. The van der Waals surface area contributed by atoms with E-state index in [2.05, 4.69) is 53.3 Å². The molecule has 126 valence electrons. The number of nitrogens with one attached hydrogen (secondary N) is 2. The van der Waals surface area contributed by atoms with E-state index in [9.17, 15) is 0 Å². The van der Waals surface area contributed by atoms with Crippen molar-refractivity contribution in [1.29, 1.82) is 0 Å². The van der Waals surface area contributed by atoms with Crippen molar-refractivity contribution in [2.45, 2.75) is 41.2 Å². The van der Waals surface area contributed by atoms with Gasteiger partial charge in [-0.15, -0.1) is 0 Å². The van der Waals surface area contributed by atoms with E-state index in [1.54, 1.807) is 0 Å². The number of hydrogen-bond donors (Lipinski definition) is 2. The van der Waals surface area contributed by atoms with E-state index in [0.717, 1.165) is 44.4 Å². The molecule has 0 unspecified atom stereocenters. The Morgan fingerprint density at radius 2 is 1.86 bits per heavy atom. The standard InChI is InChI=1S/C16H32N6/c1-7-17-16(18-10-11-22(8-2)9-3)19-12-15-13(4)20-21(6)14(15)5/h7-12H2,1-6H3,(H2,17,18,19). The van der Waals surface area contributed by atoms with Gasteiger partial charge in [-0.05, 0) is 33.9 Å². The Morgan fingerprint density at radius 1 is 1.18 bits per heavy atom. The van der Waals surface area contributed by atoms with Crippen molar-refractivity contribution in [3.8, 4) is 0 Å². The molecular formula is C16H32N6. The molecule has 2 N–H and O–H groups in total. The fraction of sp³-hybridized carbons (Fsp3) is 0.750. The summed E-state index contributed by atoms with van der Waals surface area (Å²) in [6.07, 6.45) is 0. The number of likely N-dealkylation sites (N-methyl/N-ethyl adjacent to an activating group) is 1. The van der Waals surface area contributed by atoms with Gasteiger partial charge in [-0.25, -0.2) is 4.99 Å². The van der Waals surface area contributed by atoms with Crippen LogP contribution in [0.25, 0.3) is 0 Å². The highest BCUT2D eigenvalue weighted by Crippen LogP contribution is 2.12. The Balaban J connectivity index is 2.62. The summed E-state index contributed by atoms with van der Waals surface area (Å²) in [6, 6.07) is 0. The average Bonchev–Trinajstić information content (AvgIpc) is 2.74. The third-order valence-electron chi connectivity index (χ3n) is 4.01. The minimum absolute atomic E-state index is 0.659. The molecule has 0 atom stereocenters. The second kappa shape index (κ2) is 9.46. The van der Waals surface area contributed by atoms with Crippen molar-refractivity contribution >= 4 is 5.96 Å². The molecule has 0 amide bonds. The van der Waals surface area contributed by atoms with E-state index in [1.807, 2.05) is 18.7 Å². The summed E-state index contributed by atoms with van der Waals surface area (Å²) in [5, 5.41) is 11.1. The first-order chi connectivity index (χ1) is 10.5. The van der Waals surface area contributed by atoms with Crippen LogP contribution in [0.3, 0.4) is 0 Å². The number of aliphatic imine (C=N–C) groups is 1. The molecule has 1 rings (SSSR count). The molecule has 0 saturated heterocycles. The molecule has 1 aromatic rings. The molecule has 0 saturated carbocycles. The quantitative estimate of drug-likeness (QED) is 0.563. The Labute approximate surface area is 135 Å². The van der Waals surface area contributed by atoms with Crippen molar-refractivity contribution in [1.82, 2.24) is 25.3 Å². The van der Waals surface area contributed by atoms with Gasteiger partial charge in [0.2, 0.25) is 0 Å². The van der Waals surface area contributed by atoms with E-state index in [1.165, 1.54) is 11.3 Å². The number of aromatic nitrogens is 2. The third kappa shape index (κ3) is 5.33. The average molecular weight is 308 g/mol. The van der Waals surface area contributed by atoms with Gasteiger partial charge < -0.3 is 15.5 Å². The van der Waals surface area contributed by atoms with Crippen molar-refractivity contribution in [3.05, 3.63) is 17.0 Å². The van der Waals surface area contributed by atoms with Crippen molar-refractivity contribution in [2.75, 3.05) is 32.7 Å². The largest absolute Gasteiger partial charge is 0.357 e. The molecule has 0 spiro atoms. The van der Waals surface area contributed by atoms with Crippen LogP contribution in [0, 0.1) is 13.8 Å². The van der Waals surface area contributed by atoms with Crippen LogP contribution in [-0.2, 0) is 13.6 Å². The van der Waals surface area contributed by atoms with E-state index < -0.39 is 0 Å². The number of guanidine groups is 1. The third-order valence-corrected chi connectivity index (χ3v) is 4.01. The molecular weight excluding hydrogens is 276 g/mol. The van der Waals surface area contributed by atoms with Gasteiger partial charge >= 0.3 is 0 Å².